The van der Waals surface area contributed by atoms with Crippen molar-refractivity contribution in [3.05, 3.63) is 17.0 Å². The van der Waals surface area contributed by atoms with Crippen LogP contribution < -0.4 is 5.32 Å². The molecule has 68 valence electrons. The fraction of sp³-hybridized carbons (Fsp3) is 0.143. The van der Waals surface area contributed by atoms with Crippen LogP contribution in [0.4, 0.5) is 13.8 Å². The molecule has 1 heterocycles. The minimum absolute atomic E-state index is 0.160. The van der Waals surface area contributed by atoms with Gasteiger partial charge in [-0.3, -0.25) is 4.79 Å². The van der Waals surface area contributed by atoms with E-state index in [1.807, 2.05) is 5.32 Å². The zero-order valence-electron chi connectivity index (χ0n) is 6.25. The van der Waals surface area contributed by atoms with Crippen LogP contribution in [0.25, 0.3) is 0 Å². The first-order chi connectivity index (χ1) is 6.15. The van der Waals surface area contributed by atoms with Crippen molar-refractivity contribution in [2.24, 2.45) is 0 Å². The predicted molar refractivity (Wildman–Crippen MR) is 43.7 cm³/mol. The molecule has 3 nitrogen and oxygen atoms in total. The molecule has 0 atom stereocenters. The minimum Gasteiger partial charge on any atom is -0.312 e. The number of halogens is 2. The van der Waals surface area contributed by atoms with E-state index in [0.29, 0.717) is 0 Å². The predicted octanol–water partition coefficient (Wildman–Crippen LogP) is 1.82. The van der Waals surface area contributed by atoms with Gasteiger partial charge in [0.1, 0.15) is 11.1 Å². The Morgan fingerprint density at radius 3 is 2.92 bits per heavy atom. The van der Waals surface area contributed by atoms with E-state index >= 15 is 0 Å². The quantitative estimate of drug-likeness (QED) is 0.795. The van der Waals surface area contributed by atoms with Gasteiger partial charge in [-0.1, -0.05) is 0 Å². The number of rotatable bonds is 2. The zero-order chi connectivity index (χ0) is 9.84. The van der Waals surface area contributed by atoms with Crippen LogP contribution in [0.1, 0.15) is 5.56 Å². The molecule has 0 bridgehead atoms. The molecule has 0 spiro atoms. The van der Waals surface area contributed by atoms with Crippen LogP contribution in [-0.4, -0.2) is 12.3 Å². The van der Waals surface area contributed by atoms with Crippen molar-refractivity contribution in [1.29, 1.82) is 5.26 Å². The third-order valence-electron chi connectivity index (χ3n) is 1.22. The second-order valence-corrected chi connectivity index (χ2v) is 2.98. The summed E-state index contributed by atoms with van der Waals surface area (Å²) in [5.74, 6) is -1.39. The second kappa shape index (κ2) is 3.96. The van der Waals surface area contributed by atoms with Gasteiger partial charge in [0.05, 0.1) is 5.56 Å². The monoisotopic (exact) mass is 202 g/mol. The van der Waals surface area contributed by atoms with Gasteiger partial charge in [0.2, 0.25) is 0 Å². The van der Waals surface area contributed by atoms with Gasteiger partial charge < -0.3 is 5.32 Å². The van der Waals surface area contributed by atoms with E-state index < -0.39 is 12.3 Å². The molecule has 0 unspecified atom stereocenters. The molecule has 1 amide bonds. The van der Waals surface area contributed by atoms with E-state index in [9.17, 15) is 13.6 Å². The minimum atomic E-state index is -3.06. The Hall–Kier alpha value is -1.48. The molecule has 0 aromatic carbocycles. The van der Waals surface area contributed by atoms with Crippen LogP contribution in [0.3, 0.4) is 0 Å². The number of amides is 1. The normalized spacial score (nSPS) is 9.69. The summed E-state index contributed by atoms with van der Waals surface area (Å²) in [6, 6.07) is 3.22. The van der Waals surface area contributed by atoms with E-state index in [-0.39, 0.29) is 10.6 Å². The van der Waals surface area contributed by atoms with Gasteiger partial charge >= 0.3 is 6.43 Å². The first kappa shape index (κ1) is 9.61. The van der Waals surface area contributed by atoms with Crippen LogP contribution in [0.2, 0.25) is 0 Å². The van der Waals surface area contributed by atoms with Crippen LogP contribution in [0.15, 0.2) is 11.4 Å². The summed E-state index contributed by atoms with van der Waals surface area (Å²) in [5.41, 5.74) is 0.194. The summed E-state index contributed by atoms with van der Waals surface area (Å²) < 4.78 is 23.5. The lowest BCUT2D eigenvalue weighted by Crippen LogP contribution is -2.19. The van der Waals surface area contributed by atoms with Gasteiger partial charge in [-0.25, -0.2) is 0 Å². The van der Waals surface area contributed by atoms with Gasteiger partial charge in [0, 0.05) is 0 Å². The Morgan fingerprint density at radius 2 is 2.38 bits per heavy atom. The van der Waals surface area contributed by atoms with Crippen molar-refractivity contribution in [2.75, 3.05) is 5.32 Å². The molecule has 0 aliphatic rings. The number of nitriles is 1. The lowest BCUT2D eigenvalue weighted by atomic mass is 10.3. The molecule has 0 aliphatic heterocycles. The van der Waals surface area contributed by atoms with Crippen molar-refractivity contribution in [2.45, 2.75) is 6.43 Å². The number of anilines is 1. The highest BCUT2D eigenvalue weighted by Crippen LogP contribution is 2.22. The van der Waals surface area contributed by atoms with Gasteiger partial charge in [0.25, 0.3) is 5.91 Å². The Kier molecular flexibility index (Phi) is 2.93. The largest absolute Gasteiger partial charge is 0.315 e. The SMILES string of the molecule is N#Cc1ccsc1NC(=O)C(F)F. The number of hydrogen-bond acceptors (Lipinski definition) is 3. The number of alkyl halides is 2. The zero-order valence-corrected chi connectivity index (χ0v) is 7.07. The maximum absolute atomic E-state index is 11.8. The van der Waals surface area contributed by atoms with Gasteiger partial charge in [-0.15, -0.1) is 11.3 Å². The highest BCUT2D eigenvalue weighted by Gasteiger charge is 2.17. The summed E-state index contributed by atoms with van der Waals surface area (Å²) in [4.78, 5) is 10.5. The van der Waals surface area contributed by atoms with Gasteiger partial charge in [0.15, 0.2) is 0 Å². The topological polar surface area (TPSA) is 52.9 Å². The number of carbonyl (C=O) groups excluding carboxylic acids is 1. The number of nitrogens with zero attached hydrogens (tertiary/aromatic N) is 1. The third kappa shape index (κ3) is 2.23. The number of nitrogens with one attached hydrogen (secondary N) is 1. The summed E-state index contributed by atoms with van der Waals surface area (Å²) in [6.07, 6.45) is -3.06. The molecule has 0 saturated heterocycles. The molecule has 1 aromatic heterocycles. The van der Waals surface area contributed by atoms with E-state index in [4.69, 9.17) is 5.26 Å². The molecular weight excluding hydrogens is 198 g/mol. The fourth-order valence-corrected chi connectivity index (χ4v) is 1.40. The maximum Gasteiger partial charge on any atom is 0.315 e. The standard InChI is InChI=1S/C7H4F2N2OS/c8-5(9)6(12)11-7-4(3-10)1-2-13-7/h1-2,5H,(H,11,12). The molecule has 1 aromatic rings. The average Bonchev–Trinajstić information content (AvgIpc) is 2.51. The van der Waals surface area contributed by atoms with Crippen molar-refractivity contribution in [3.63, 3.8) is 0 Å². The number of thiophene rings is 1. The highest BCUT2D eigenvalue weighted by atomic mass is 32.1. The molecule has 0 radical (unpaired) electrons. The third-order valence-corrected chi connectivity index (χ3v) is 2.05. The van der Waals surface area contributed by atoms with Crippen molar-refractivity contribution in [3.8, 4) is 6.07 Å². The lowest BCUT2D eigenvalue weighted by Gasteiger charge is -2.00. The van der Waals surface area contributed by atoms with E-state index in [0.717, 1.165) is 11.3 Å². The second-order valence-electron chi connectivity index (χ2n) is 2.07. The number of hydrogen-bond donors (Lipinski definition) is 1. The number of carbonyl (C=O) groups is 1. The summed E-state index contributed by atoms with van der Waals surface area (Å²) in [6.45, 7) is 0. The molecule has 0 aliphatic carbocycles. The Balaban J connectivity index is 2.76. The van der Waals surface area contributed by atoms with Crippen LogP contribution in [0.5, 0.6) is 0 Å². The molecule has 13 heavy (non-hydrogen) atoms. The first-order valence-corrected chi connectivity index (χ1v) is 4.09. The van der Waals surface area contributed by atoms with Crippen LogP contribution >= 0.6 is 11.3 Å². The van der Waals surface area contributed by atoms with Crippen molar-refractivity contribution >= 4 is 22.2 Å². The van der Waals surface area contributed by atoms with Crippen LogP contribution in [-0.2, 0) is 4.79 Å². The average molecular weight is 202 g/mol. The smallest absolute Gasteiger partial charge is 0.312 e. The van der Waals surface area contributed by atoms with Gasteiger partial charge in [-0.05, 0) is 11.4 Å². The molecule has 0 fully saturated rings. The molecule has 1 N–H and O–H groups in total. The summed E-state index contributed by atoms with van der Waals surface area (Å²) in [5, 5.41) is 12.1. The first-order valence-electron chi connectivity index (χ1n) is 3.21. The maximum atomic E-state index is 11.8. The highest BCUT2D eigenvalue weighted by molar-refractivity contribution is 7.14. The Morgan fingerprint density at radius 1 is 1.69 bits per heavy atom. The molecule has 6 heteroatoms. The van der Waals surface area contributed by atoms with Crippen molar-refractivity contribution < 1.29 is 13.6 Å². The molecular formula is C7H4F2N2OS. The Labute approximate surface area is 76.6 Å². The van der Waals surface area contributed by atoms with E-state index in [1.54, 1.807) is 11.4 Å². The van der Waals surface area contributed by atoms with E-state index in [1.165, 1.54) is 6.07 Å². The fourth-order valence-electron chi connectivity index (χ4n) is 0.661. The molecule has 1 rings (SSSR count). The van der Waals surface area contributed by atoms with E-state index in [2.05, 4.69) is 0 Å². The van der Waals surface area contributed by atoms with Crippen LogP contribution in [0, 0.1) is 11.3 Å². The summed E-state index contributed by atoms with van der Waals surface area (Å²) in [7, 11) is 0. The summed E-state index contributed by atoms with van der Waals surface area (Å²) >= 11 is 1.03. The Bertz CT molecular complexity index is 356. The molecule has 0 saturated carbocycles. The van der Waals surface area contributed by atoms with Gasteiger partial charge in [-0.2, -0.15) is 14.0 Å². The lowest BCUT2D eigenvalue weighted by molar-refractivity contribution is -0.126. The van der Waals surface area contributed by atoms with Crippen molar-refractivity contribution in [1.82, 2.24) is 0 Å².